The number of ether oxygens (including phenoxy) is 1. The lowest BCUT2D eigenvalue weighted by atomic mass is 9.89. The maximum absolute atomic E-state index is 13.2. The molecule has 1 fully saturated rings. The van der Waals surface area contributed by atoms with E-state index in [1.807, 2.05) is 36.4 Å². The zero-order valence-electron chi connectivity index (χ0n) is 15.1. The van der Waals surface area contributed by atoms with Gasteiger partial charge in [0.25, 0.3) is 5.91 Å². The second-order valence-corrected chi connectivity index (χ2v) is 7.24. The number of rotatable bonds is 2. The van der Waals surface area contributed by atoms with Crippen LogP contribution < -0.4 is 4.74 Å². The minimum atomic E-state index is -0.651. The average Bonchev–Trinajstić information content (AvgIpc) is 3.38. The Kier molecular flexibility index (Phi) is 3.75. The Morgan fingerprint density at radius 1 is 1.11 bits per heavy atom. The second-order valence-electron chi connectivity index (χ2n) is 7.24. The summed E-state index contributed by atoms with van der Waals surface area (Å²) in [6, 6.07) is 14.6. The number of ketones is 1. The number of hydrogen-bond acceptors (Lipinski definition) is 5. The number of hydrogen-bond donors (Lipinski definition) is 1. The van der Waals surface area contributed by atoms with E-state index in [1.165, 1.54) is 6.33 Å². The van der Waals surface area contributed by atoms with Gasteiger partial charge in [-0.3, -0.25) is 14.7 Å². The molecule has 1 atom stereocenters. The number of aromatic nitrogens is 3. The number of nitrogens with zero attached hydrogens (tertiary/aromatic N) is 3. The van der Waals surface area contributed by atoms with E-state index in [9.17, 15) is 9.59 Å². The number of carbonyl (C=O) groups excluding carboxylic acids is 2. The van der Waals surface area contributed by atoms with Crippen LogP contribution in [0.1, 0.15) is 33.6 Å². The van der Waals surface area contributed by atoms with Crippen LogP contribution in [0.5, 0.6) is 5.75 Å². The van der Waals surface area contributed by atoms with Crippen molar-refractivity contribution in [3.63, 3.8) is 0 Å². The zero-order valence-corrected chi connectivity index (χ0v) is 15.1. The third-order valence-electron chi connectivity index (χ3n) is 5.43. The summed E-state index contributed by atoms with van der Waals surface area (Å²) in [6.07, 6.45) is 2.33. The number of carbonyl (C=O) groups is 2. The van der Waals surface area contributed by atoms with Gasteiger partial charge in [0.1, 0.15) is 17.7 Å². The van der Waals surface area contributed by atoms with Crippen LogP contribution in [0.3, 0.4) is 0 Å². The van der Waals surface area contributed by atoms with Crippen molar-refractivity contribution in [2.24, 2.45) is 0 Å². The number of likely N-dealkylation sites (tertiary alicyclic amines) is 1. The highest BCUT2D eigenvalue weighted by molar-refractivity contribution is 6.02. The number of H-pyrrole nitrogens is 1. The van der Waals surface area contributed by atoms with Gasteiger partial charge in [-0.05, 0) is 18.2 Å². The normalized spacial score (nSPS) is 20.9. The van der Waals surface area contributed by atoms with Crippen molar-refractivity contribution >= 4 is 11.7 Å². The Balaban J connectivity index is 1.42. The van der Waals surface area contributed by atoms with Gasteiger partial charge in [0.2, 0.25) is 0 Å². The predicted octanol–water partition coefficient (Wildman–Crippen LogP) is 2.72. The van der Waals surface area contributed by atoms with Crippen molar-refractivity contribution in [1.82, 2.24) is 20.1 Å². The highest BCUT2D eigenvalue weighted by Crippen LogP contribution is 2.39. The van der Waals surface area contributed by atoms with Crippen molar-refractivity contribution < 1.29 is 14.3 Å². The Labute approximate surface area is 161 Å². The van der Waals surface area contributed by atoms with Gasteiger partial charge >= 0.3 is 0 Å². The van der Waals surface area contributed by atoms with Crippen molar-refractivity contribution in [3.05, 3.63) is 66.0 Å². The molecular formula is C21H18N4O3. The third-order valence-corrected chi connectivity index (χ3v) is 5.43. The Morgan fingerprint density at radius 3 is 2.71 bits per heavy atom. The molecule has 1 aromatic heterocycles. The lowest BCUT2D eigenvalue weighted by Gasteiger charge is -2.34. The molecule has 0 aliphatic carbocycles. The predicted molar refractivity (Wildman–Crippen MR) is 101 cm³/mol. The minimum Gasteiger partial charge on any atom is -0.484 e. The SMILES string of the molecule is O=C1CC2(CCN(C(=O)c3ccccc3-c3ncn[nH]3)C2)Oc2ccccc21. The largest absolute Gasteiger partial charge is 0.484 e. The fraction of sp³-hybridized carbons (Fsp3) is 0.238. The van der Waals surface area contributed by atoms with Gasteiger partial charge in [-0.25, -0.2) is 4.98 Å². The zero-order chi connectivity index (χ0) is 19.1. The number of Topliss-reactive ketones (excluding diaryl/α,β-unsaturated/α-hetero) is 1. The molecule has 0 saturated carbocycles. The van der Waals surface area contributed by atoms with E-state index in [0.29, 0.717) is 47.8 Å². The number of nitrogens with one attached hydrogen (secondary N) is 1. The van der Waals surface area contributed by atoms with E-state index in [2.05, 4.69) is 15.2 Å². The van der Waals surface area contributed by atoms with Crippen LogP contribution in [-0.4, -0.2) is 50.5 Å². The van der Waals surface area contributed by atoms with Gasteiger partial charge in [-0.1, -0.05) is 30.3 Å². The summed E-state index contributed by atoms with van der Waals surface area (Å²) in [6.45, 7) is 0.926. The first-order chi connectivity index (χ1) is 13.7. The molecule has 0 radical (unpaired) electrons. The highest BCUT2D eigenvalue weighted by atomic mass is 16.5. The summed E-state index contributed by atoms with van der Waals surface area (Å²) < 4.78 is 6.23. The molecular weight excluding hydrogens is 356 g/mol. The van der Waals surface area contributed by atoms with Crippen LogP contribution in [0.2, 0.25) is 0 Å². The van der Waals surface area contributed by atoms with E-state index in [1.54, 1.807) is 17.0 Å². The fourth-order valence-electron chi connectivity index (χ4n) is 4.07. The molecule has 3 aromatic rings. The molecule has 7 nitrogen and oxygen atoms in total. The molecule has 1 N–H and O–H groups in total. The molecule has 140 valence electrons. The van der Waals surface area contributed by atoms with Crippen molar-refractivity contribution in [3.8, 4) is 17.1 Å². The lowest BCUT2D eigenvalue weighted by molar-refractivity contribution is 0.0428. The monoisotopic (exact) mass is 374 g/mol. The molecule has 0 bridgehead atoms. The molecule has 28 heavy (non-hydrogen) atoms. The number of amides is 1. The molecule has 1 unspecified atom stereocenters. The fourth-order valence-corrected chi connectivity index (χ4v) is 4.07. The Morgan fingerprint density at radius 2 is 1.89 bits per heavy atom. The molecule has 7 heteroatoms. The summed E-state index contributed by atoms with van der Waals surface area (Å²) in [7, 11) is 0. The van der Waals surface area contributed by atoms with Gasteiger partial charge in [-0.15, -0.1) is 0 Å². The molecule has 2 aliphatic rings. The first-order valence-electron chi connectivity index (χ1n) is 9.21. The number of aromatic amines is 1. The number of benzene rings is 2. The quantitative estimate of drug-likeness (QED) is 0.745. The number of fused-ring (bicyclic) bond motifs is 1. The molecule has 5 rings (SSSR count). The molecule has 1 amide bonds. The van der Waals surface area contributed by atoms with Gasteiger partial charge < -0.3 is 9.64 Å². The maximum atomic E-state index is 13.2. The van der Waals surface area contributed by atoms with E-state index < -0.39 is 5.60 Å². The topological polar surface area (TPSA) is 88.2 Å². The number of para-hydroxylation sites is 1. The van der Waals surface area contributed by atoms with Crippen molar-refractivity contribution in [2.45, 2.75) is 18.4 Å². The summed E-state index contributed by atoms with van der Waals surface area (Å²) in [5.41, 5.74) is 1.23. The minimum absolute atomic E-state index is 0.0678. The van der Waals surface area contributed by atoms with E-state index in [-0.39, 0.29) is 18.1 Å². The van der Waals surface area contributed by atoms with Gasteiger partial charge in [0.05, 0.1) is 24.1 Å². The molecule has 2 aromatic carbocycles. The van der Waals surface area contributed by atoms with Crippen LogP contribution in [0.4, 0.5) is 0 Å². The van der Waals surface area contributed by atoms with E-state index in [4.69, 9.17) is 4.74 Å². The first-order valence-corrected chi connectivity index (χ1v) is 9.21. The van der Waals surface area contributed by atoms with Crippen LogP contribution >= 0.6 is 0 Å². The average molecular weight is 374 g/mol. The highest BCUT2D eigenvalue weighted by Gasteiger charge is 2.47. The smallest absolute Gasteiger partial charge is 0.254 e. The summed E-state index contributed by atoms with van der Waals surface area (Å²) >= 11 is 0. The van der Waals surface area contributed by atoms with Crippen molar-refractivity contribution in [1.29, 1.82) is 0 Å². The summed E-state index contributed by atoms with van der Waals surface area (Å²) in [5.74, 6) is 1.13. The molecule has 1 saturated heterocycles. The van der Waals surface area contributed by atoms with Crippen LogP contribution in [0, 0.1) is 0 Å². The standard InChI is InChI=1S/C21H18N4O3/c26-17-11-21(28-18-8-4-3-7-16(17)18)9-10-25(12-21)20(27)15-6-2-1-5-14(15)19-22-13-23-24-19/h1-8,13H,9-12H2,(H,22,23,24). The van der Waals surface area contributed by atoms with Gasteiger partial charge in [0, 0.05) is 18.5 Å². The van der Waals surface area contributed by atoms with Gasteiger partial charge in [0.15, 0.2) is 11.6 Å². The van der Waals surface area contributed by atoms with Crippen LogP contribution in [0.25, 0.3) is 11.4 Å². The second kappa shape index (κ2) is 6.30. The lowest BCUT2D eigenvalue weighted by Crippen LogP contribution is -2.45. The van der Waals surface area contributed by atoms with Crippen LogP contribution in [-0.2, 0) is 0 Å². The van der Waals surface area contributed by atoms with Gasteiger partial charge in [-0.2, -0.15) is 5.10 Å². The molecule has 3 heterocycles. The molecule has 2 aliphatic heterocycles. The van der Waals surface area contributed by atoms with Crippen molar-refractivity contribution in [2.75, 3.05) is 13.1 Å². The van der Waals surface area contributed by atoms with E-state index in [0.717, 1.165) is 0 Å². The molecule has 1 spiro atoms. The van der Waals surface area contributed by atoms with Crippen LogP contribution in [0.15, 0.2) is 54.9 Å². The summed E-state index contributed by atoms with van der Waals surface area (Å²) in [5, 5.41) is 6.69. The van der Waals surface area contributed by atoms with E-state index >= 15 is 0 Å². The Hall–Kier alpha value is -3.48. The Bertz CT molecular complexity index is 1060. The maximum Gasteiger partial charge on any atom is 0.254 e. The summed E-state index contributed by atoms with van der Waals surface area (Å²) in [4.78, 5) is 31.8. The first kappa shape index (κ1) is 16.7. The third kappa shape index (κ3) is 2.67.